The third kappa shape index (κ3) is 2.49. The van der Waals surface area contributed by atoms with Crippen molar-refractivity contribution in [3.63, 3.8) is 0 Å². The number of ether oxygens (including phenoxy) is 1. The highest BCUT2D eigenvalue weighted by atomic mass is 79.9. The number of nitrogens with two attached hydrogens (primary N) is 1. The van der Waals surface area contributed by atoms with E-state index in [0.29, 0.717) is 11.0 Å². The van der Waals surface area contributed by atoms with Crippen molar-refractivity contribution >= 4 is 15.9 Å². The Balaban J connectivity index is 2.95. The summed E-state index contributed by atoms with van der Waals surface area (Å²) in [5.41, 5.74) is 6.34. The minimum atomic E-state index is -0.282. The number of rotatable bonds is 3. The zero-order valence-corrected chi connectivity index (χ0v) is 8.84. The quantitative estimate of drug-likeness (QED) is 0.890. The van der Waals surface area contributed by atoms with Crippen LogP contribution in [0.15, 0.2) is 22.7 Å². The van der Waals surface area contributed by atoms with Crippen LogP contribution in [0.5, 0.6) is 0 Å². The zero-order chi connectivity index (χ0) is 9.84. The number of hydrogen-bond donors (Lipinski definition) is 1. The molecule has 0 spiro atoms. The van der Waals surface area contributed by atoms with Crippen molar-refractivity contribution in [2.45, 2.75) is 6.10 Å². The fraction of sp³-hybridized carbons (Fsp3) is 0.333. The Hall–Kier alpha value is -0.450. The van der Waals surface area contributed by atoms with E-state index in [1.54, 1.807) is 19.2 Å². The maximum atomic E-state index is 12.9. The van der Waals surface area contributed by atoms with Crippen molar-refractivity contribution in [2.24, 2.45) is 5.73 Å². The smallest absolute Gasteiger partial charge is 0.137 e. The Morgan fingerprint density at radius 2 is 2.31 bits per heavy atom. The average molecular weight is 248 g/mol. The van der Waals surface area contributed by atoms with Gasteiger partial charge in [-0.25, -0.2) is 4.39 Å². The number of hydrogen-bond acceptors (Lipinski definition) is 2. The highest BCUT2D eigenvalue weighted by Crippen LogP contribution is 2.22. The van der Waals surface area contributed by atoms with Gasteiger partial charge in [0.15, 0.2) is 0 Å². The lowest BCUT2D eigenvalue weighted by Gasteiger charge is -2.13. The monoisotopic (exact) mass is 247 g/mol. The molecule has 1 aromatic carbocycles. The van der Waals surface area contributed by atoms with E-state index in [1.165, 1.54) is 6.07 Å². The largest absolute Gasteiger partial charge is 0.375 e. The summed E-state index contributed by atoms with van der Waals surface area (Å²) in [6, 6.07) is 4.73. The van der Waals surface area contributed by atoms with Crippen LogP contribution in [-0.2, 0) is 4.74 Å². The van der Waals surface area contributed by atoms with Gasteiger partial charge in [0.25, 0.3) is 0 Å². The summed E-state index contributed by atoms with van der Waals surface area (Å²) in [5, 5.41) is 0. The molecule has 0 fully saturated rings. The van der Waals surface area contributed by atoms with Crippen LogP contribution in [-0.4, -0.2) is 13.7 Å². The first-order valence-electron chi connectivity index (χ1n) is 3.87. The first-order valence-corrected chi connectivity index (χ1v) is 4.66. The normalized spacial score (nSPS) is 12.9. The van der Waals surface area contributed by atoms with Crippen molar-refractivity contribution in [2.75, 3.05) is 13.7 Å². The molecule has 0 saturated heterocycles. The molecule has 0 radical (unpaired) electrons. The van der Waals surface area contributed by atoms with E-state index in [0.717, 1.165) is 5.56 Å². The van der Waals surface area contributed by atoms with Crippen molar-refractivity contribution < 1.29 is 9.13 Å². The third-order valence-corrected chi connectivity index (χ3v) is 2.42. The van der Waals surface area contributed by atoms with Crippen LogP contribution in [0, 0.1) is 5.82 Å². The molecule has 0 saturated carbocycles. The maximum Gasteiger partial charge on any atom is 0.137 e. The lowest BCUT2D eigenvalue weighted by atomic mass is 10.1. The molecule has 1 unspecified atom stereocenters. The summed E-state index contributed by atoms with van der Waals surface area (Å²) in [4.78, 5) is 0. The van der Waals surface area contributed by atoms with E-state index in [1.807, 2.05) is 0 Å². The fourth-order valence-electron chi connectivity index (χ4n) is 1.08. The van der Waals surface area contributed by atoms with E-state index in [9.17, 15) is 4.39 Å². The van der Waals surface area contributed by atoms with Gasteiger partial charge in [-0.15, -0.1) is 0 Å². The van der Waals surface area contributed by atoms with Gasteiger partial charge < -0.3 is 10.5 Å². The minimum Gasteiger partial charge on any atom is -0.375 e. The number of benzene rings is 1. The van der Waals surface area contributed by atoms with Gasteiger partial charge in [0.2, 0.25) is 0 Å². The molecular weight excluding hydrogens is 237 g/mol. The Morgan fingerprint density at radius 1 is 1.62 bits per heavy atom. The Kier molecular flexibility index (Phi) is 3.84. The second-order valence-corrected chi connectivity index (χ2v) is 3.49. The second-order valence-electron chi connectivity index (χ2n) is 2.63. The van der Waals surface area contributed by atoms with Gasteiger partial charge in [0, 0.05) is 13.7 Å². The lowest BCUT2D eigenvalue weighted by Crippen LogP contribution is -2.14. The molecule has 72 valence electrons. The van der Waals surface area contributed by atoms with Crippen LogP contribution in [0.1, 0.15) is 11.7 Å². The van der Waals surface area contributed by atoms with Gasteiger partial charge in [0.1, 0.15) is 5.82 Å². The van der Waals surface area contributed by atoms with Crippen molar-refractivity contribution in [3.8, 4) is 0 Å². The van der Waals surface area contributed by atoms with E-state index < -0.39 is 0 Å². The van der Waals surface area contributed by atoms with Crippen LogP contribution in [0.3, 0.4) is 0 Å². The minimum absolute atomic E-state index is 0.170. The number of methoxy groups -OCH3 is 1. The van der Waals surface area contributed by atoms with Crippen molar-refractivity contribution in [1.29, 1.82) is 0 Å². The van der Waals surface area contributed by atoms with Gasteiger partial charge >= 0.3 is 0 Å². The van der Waals surface area contributed by atoms with E-state index in [-0.39, 0.29) is 11.9 Å². The summed E-state index contributed by atoms with van der Waals surface area (Å²) in [6.07, 6.45) is -0.170. The fourth-order valence-corrected chi connectivity index (χ4v) is 1.48. The molecule has 0 amide bonds. The number of halogens is 2. The molecule has 1 rings (SSSR count). The topological polar surface area (TPSA) is 35.2 Å². The maximum absolute atomic E-state index is 12.9. The van der Waals surface area contributed by atoms with E-state index >= 15 is 0 Å². The molecule has 0 aliphatic rings. The van der Waals surface area contributed by atoms with Crippen LogP contribution < -0.4 is 5.73 Å². The molecule has 0 aliphatic heterocycles. The average Bonchev–Trinajstić information content (AvgIpc) is 2.13. The van der Waals surface area contributed by atoms with Crippen molar-refractivity contribution in [3.05, 3.63) is 34.1 Å². The zero-order valence-electron chi connectivity index (χ0n) is 7.26. The molecule has 2 N–H and O–H groups in total. The highest BCUT2D eigenvalue weighted by molar-refractivity contribution is 9.10. The summed E-state index contributed by atoms with van der Waals surface area (Å²) in [5.74, 6) is -0.282. The molecule has 13 heavy (non-hydrogen) atoms. The van der Waals surface area contributed by atoms with Crippen LogP contribution in [0.25, 0.3) is 0 Å². The SMILES string of the molecule is COC(CN)c1ccc(F)c(Br)c1. The van der Waals surface area contributed by atoms with E-state index in [4.69, 9.17) is 10.5 Å². The van der Waals surface area contributed by atoms with Crippen molar-refractivity contribution in [1.82, 2.24) is 0 Å². The Bertz CT molecular complexity index is 289. The molecule has 4 heteroatoms. The molecular formula is C9H11BrFNO. The first kappa shape index (κ1) is 10.6. The predicted molar refractivity (Wildman–Crippen MR) is 52.9 cm³/mol. The molecule has 2 nitrogen and oxygen atoms in total. The molecule has 0 bridgehead atoms. The molecule has 0 aliphatic carbocycles. The van der Waals surface area contributed by atoms with Crippen LogP contribution in [0.4, 0.5) is 4.39 Å². The van der Waals surface area contributed by atoms with Gasteiger partial charge in [-0.1, -0.05) is 6.07 Å². The molecule has 0 aromatic heterocycles. The second kappa shape index (κ2) is 4.69. The molecule has 1 aromatic rings. The van der Waals surface area contributed by atoms with E-state index in [2.05, 4.69) is 15.9 Å². The highest BCUT2D eigenvalue weighted by Gasteiger charge is 2.09. The summed E-state index contributed by atoms with van der Waals surface area (Å²) >= 11 is 3.10. The Morgan fingerprint density at radius 3 is 2.77 bits per heavy atom. The van der Waals surface area contributed by atoms with Crippen LogP contribution >= 0.6 is 15.9 Å². The van der Waals surface area contributed by atoms with Crippen LogP contribution in [0.2, 0.25) is 0 Å². The molecule has 0 heterocycles. The summed E-state index contributed by atoms with van der Waals surface area (Å²) < 4.78 is 18.4. The standard InChI is InChI=1S/C9H11BrFNO/c1-13-9(5-12)6-2-3-8(11)7(10)4-6/h2-4,9H,5,12H2,1H3. The predicted octanol–water partition coefficient (Wildman–Crippen LogP) is 2.23. The van der Waals surface area contributed by atoms with Gasteiger partial charge in [-0.2, -0.15) is 0 Å². The third-order valence-electron chi connectivity index (χ3n) is 1.81. The van der Waals surface area contributed by atoms with Gasteiger partial charge in [0.05, 0.1) is 10.6 Å². The molecule has 1 atom stereocenters. The summed E-state index contributed by atoms with van der Waals surface area (Å²) in [6.45, 7) is 0.384. The summed E-state index contributed by atoms with van der Waals surface area (Å²) in [7, 11) is 1.58. The Labute approximate surface area is 85.0 Å². The van der Waals surface area contributed by atoms with Gasteiger partial charge in [-0.3, -0.25) is 0 Å². The lowest BCUT2D eigenvalue weighted by molar-refractivity contribution is 0.110. The van der Waals surface area contributed by atoms with Gasteiger partial charge in [-0.05, 0) is 33.6 Å². The first-order chi connectivity index (χ1) is 6.19.